The Kier molecular flexibility index (Phi) is 2.64. The van der Waals surface area contributed by atoms with Crippen molar-refractivity contribution in [2.45, 2.75) is 6.92 Å². The lowest BCUT2D eigenvalue weighted by Crippen LogP contribution is -2.05. The van der Waals surface area contributed by atoms with Gasteiger partial charge in [0.2, 0.25) is 0 Å². The van der Waals surface area contributed by atoms with Crippen LogP contribution in [0.5, 0.6) is 0 Å². The van der Waals surface area contributed by atoms with Crippen molar-refractivity contribution in [1.82, 2.24) is 4.98 Å². The molecule has 2 aromatic rings. The molecule has 0 atom stereocenters. The molecule has 0 fully saturated rings. The highest BCUT2D eigenvalue weighted by molar-refractivity contribution is 6.31. The van der Waals surface area contributed by atoms with Gasteiger partial charge in [-0.05, 0) is 19.1 Å². The van der Waals surface area contributed by atoms with E-state index in [1.807, 2.05) is 6.07 Å². The molecule has 3 nitrogen and oxygen atoms in total. The second kappa shape index (κ2) is 3.95. The van der Waals surface area contributed by atoms with Gasteiger partial charge in [0.25, 0.3) is 0 Å². The predicted molar refractivity (Wildman–Crippen MR) is 59.3 cm³/mol. The molecular formula is C11H10ClNO2. The van der Waals surface area contributed by atoms with Gasteiger partial charge in [0.15, 0.2) is 0 Å². The van der Waals surface area contributed by atoms with Crippen LogP contribution in [0.1, 0.15) is 17.4 Å². The molecule has 0 saturated heterocycles. The van der Waals surface area contributed by atoms with Crippen molar-refractivity contribution in [3.63, 3.8) is 0 Å². The van der Waals surface area contributed by atoms with E-state index in [9.17, 15) is 4.79 Å². The smallest absolute Gasteiger partial charge is 0.355 e. The van der Waals surface area contributed by atoms with Gasteiger partial charge in [-0.2, -0.15) is 0 Å². The van der Waals surface area contributed by atoms with Crippen LogP contribution >= 0.6 is 11.6 Å². The van der Waals surface area contributed by atoms with E-state index >= 15 is 0 Å². The fourth-order valence-corrected chi connectivity index (χ4v) is 1.64. The fourth-order valence-electron chi connectivity index (χ4n) is 1.47. The van der Waals surface area contributed by atoms with Gasteiger partial charge in [0, 0.05) is 22.0 Å². The Morgan fingerprint density at radius 3 is 3.07 bits per heavy atom. The molecule has 2 rings (SSSR count). The Morgan fingerprint density at radius 2 is 2.33 bits per heavy atom. The van der Waals surface area contributed by atoms with Gasteiger partial charge in [0.1, 0.15) is 5.69 Å². The first-order valence-corrected chi connectivity index (χ1v) is 5.04. The number of nitrogens with one attached hydrogen (secondary N) is 1. The summed E-state index contributed by atoms with van der Waals surface area (Å²) < 4.78 is 4.92. The predicted octanol–water partition coefficient (Wildman–Crippen LogP) is 3.00. The number of ether oxygens (including phenoxy) is 1. The average molecular weight is 224 g/mol. The van der Waals surface area contributed by atoms with Gasteiger partial charge in [0.05, 0.1) is 6.61 Å². The van der Waals surface area contributed by atoms with Crippen LogP contribution in [-0.2, 0) is 4.74 Å². The number of fused-ring (bicyclic) bond motifs is 1. The van der Waals surface area contributed by atoms with Crippen LogP contribution in [0.4, 0.5) is 0 Å². The monoisotopic (exact) mass is 223 g/mol. The van der Waals surface area contributed by atoms with Gasteiger partial charge < -0.3 is 9.72 Å². The molecule has 1 N–H and O–H groups in total. The number of rotatable bonds is 2. The van der Waals surface area contributed by atoms with Crippen LogP contribution in [0, 0.1) is 0 Å². The molecule has 0 radical (unpaired) electrons. The third kappa shape index (κ3) is 1.83. The molecule has 15 heavy (non-hydrogen) atoms. The maximum Gasteiger partial charge on any atom is 0.355 e. The summed E-state index contributed by atoms with van der Waals surface area (Å²) in [5.74, 6) is -0.352. The van der Waals surface area contributed by atoms with E-state index in [0.717, 1.165) is 10.8 Å². The van der Waals surface area contributed by atoms with E-state index in [4.69, 9.17) is 16.3 Å². The number of hydrogen-bond acceptors (Lipinski definition) is 2. The summed E-state index contributed by atoms with van der Waals surface area (Å²) in [6.07, 6.45) is 1.76. The quantitative estimate of drug-likeness (QED) is 0.796. The molecule has 0 unspecified atom stereocenters. The second-order valence-corrected chi connectivity index (χ2v) is 3.55. The number of halogens is 1. The van der Waals surface area contributed by atoms with Gasteiger partial charge >= 0.3 is 5.97 Å². The van der Waals surface area contributed by atoms with Crippen molar-refractivity contribution in [2.24, 2.45) is 0 Å². The Bertz CT molecular complexity index is 504. The van der Waals surface area contributed by atoms with Gasteiger partial charge in [-0.15, -0.1) is 0 Å². The first kappa shape index (κ1) is 10.1. The summed E-state index contributed by atoms with van der Waals surface area (Å²) in [4.78, 5) is 14.4. The van der Waals surface area contributed by atoms with E-state index < -0.39 is 0 Å². The topological polar surface area (TPSA) is 42.1 Å². The van der Waals surface area contributed by atoms with Crippen molar-refractivity contribution >= 4 is 28.3 Å². The zero-order valence-corrected chi connectivity index (χ0v) is 8.97. The number of H-pyrrole nitrogens is 1. The highest BCUT2D eigenvalue weighted by Crippen LogP contribution is 2.22. The Morgan fingerprint density at radius 1 is 1.53 bits per heavy atom. The lowest BCUT2D eigenvalue weighted by atomic mass is 10.2. The van der Waals surface area contributed by atoms with Crippen molar-refractivity contribution in [2.75, 3.05) is 6.61 Å². The standard InChI is InChI=1S/C11H10ClNO2/c1-2-15-11(14)10-9-5-8(12)4-3-7(9)6-13-10/h3-6,13H,2H2,1H3. The van der Waals surface area contributed by atoms with E-state index in [1.54, 1.807) is 25.3 Å². The highest BCUT2D eigenvalue weighted by Gasteiger charge is 2.12. The normalized spacial score (nSPS) is 10.5. The van der Waals surface area contributed by atoms with Crippen molar-refractivity contribution in [3.05, 3.63) is 35.1 Å². The average Bonchev–Trinajstić information content (AvgIpc) is 2.60. The van der Waals surface area contributed by atoms with Crippen LogP contribution in [0.15, 0.2) is 24.4 Å². The molecule has 0 saturated carbocycles. The molecule has 78 valence electrons. The lowest BCUT2D eigenvalue weighted by molar-refractivity contribution is 0.0522. The Hall–Kier alpha value is -1.48. The molecule has 0 amide bonds. The van der Waals surface area contributed by atoms with Gasteiger partial charge in [-0.3, -0.25) is 0 Å². The van der Waals surface area contributed by atoms with Crippen LogP contribution in [-0.4, -0.2) is 17.6 Å². The van der Waals surface area contributed by atoms with Crippen molar-refractivity contribution in [1.29, 1.82) is 0 Å². The van der Waals surface area contributed by atoms with E-state index in [0.29, 0.717) is 17.3 Å². The van der Waals surface area contributed by atoms with Crippen molar-refractivity contribution in [3.8, 4) is 0 Å². The van der Waals surface area contributed by atoms with Crippen LogP contribution in [0.2, 0.25) is 5.02 Å². The van der Waals surface area contributed by atoms with Crippen molar-refractivity contribution < 1.29 is 9.53 Å². The molecule has 0 bridgehead atoms. The third-order valence-electron chi connectivity index (χ3n) is 2.14. The minimum Gasteiger partial charge on any atom is -0.461 e. The molecule has 1 heterocycles. The number of hydrogen-bond donors (Lipinski definition) is 1. The minimum absolute atomic E-state index is 0.352. The van der Waals surface area contributed by atoms with E-state index in [-0.39, 0.29) is 5.97 Å². The Labute approximate surface area is 92.0 Å². The maximum absolute atomic E-state index is 11.5. The SMILES string of the molecule is CCOC(=O)c1[nH]cc2ccc(Cl)cc12. The maximum atomic E-state index is 11.5. The lowest BCUT2D eigenvalue weighted by Gasteiger charge is -1.99. The molecule has 4 heteroatoms. The summed E-state index contributed by atoms with van der Waals surface area (Å²) in [5, 5.41) is 2.34. The fraction of sp³-hybridized carbons (Fsp3) is 0.182. The number of esters is 1. The molecule has 0 aliphatic heterocycles. The van der Waals surface area contributed by atoms with Crippen LogP contribution < -0.4 is 0 Å². The summed E-state index contributed by atoms with van der Waals surface area (Å²) in [6.45, 7) is 2.13. The highest BCUT2D eigenvalue weighted by atomic mass is 35.5. The largest absolute Gasteiger partial charge is 0.461 e. The van der Waals surface area contributed by atoms with Gasteiger partial charge in [-0.1, -0.05) is 17.7 Å². The first-order chi connectivity index (χ1) is 7.22. The molecule has 0 spiro atoms. The van der Waals surface area contributed by atoms with E-state index in [2.05, 4.69) is 4.98 Å². The second-order valence-electron chi connectivity index (χ2n) is 3.12. The summed E-state index contributed by atoms with van der Waals surface area (Å²) in [6, 6.07) is 5.39. The first-order valence-electron chi connectivity index (χ1n) is 4.66. The molecule has 1 aromatic carbocycles. The number of benzene rings is 1. The zero-order chi connectivity index (χ0) is 10.8. The Balaban J connectivity index is 2.52. The zero-order valence-electron chi connectivity index (χ0n) is 8.21. The molecule has 0 aliphatic rings. The minimum atomic E-state index is -0.352. The number of aromatic amines is 1. The summed E-state index contributed by atoms with van der Waals surface area (Å²) in [7, 11) is 0. The van der Waals surface area contributed by atoms with Crippen LogP contribution in [0.25, 0.3) is 10.8 Å². The van der Waals surface area contributed by atoms with Gasteiger partial charge in [-0.25, -0.2) is 4.79 Å². The molecule has 1 aromatic heterocycles. The number of carbonyl (C=O) groups excluding carboxylic acids is 1. The van der Waals surface area contributed by atoms with Crippen LogP contribution in [0.3, 0.4) is 0 Å². The molecule has 0 aliphatic carbocycles. The number of aromatic nitrogens is 1. The molecular weight excluding hydrogens is 214 g/mol. The summed E-state index contributed by atoms with van der Waals surface area (Å²) >= 11 is 5.86. The summed E-state index contributed by atoms with van der Waals surface area (Å²) in [5.41, 5.74) is 0.453. The van der Waals surface area contributed by atoms with E-state index in [1.165, 1.54) is 0 Å². The third-order valence-corrected chi connectivity index (χ3v) is 2.37. The number of carbonyl (C=O) groups is 1.